The molecule has 1 aromatic heterocycles. The number of aliphatic imine (C=N–C) groups is 1. The molecular weight excluding hydrogens is 334 g/mol. The molecule has 2 saturated heterocycles. The van der Waals surface area contributed by atoms with Crippen molar-refractivity contribution in [3.05, 3.63) is 22.4 Å². The van der Waals surface area contributed by atoms with E-state index in [2.05, 4.69) is 56.3 Å². The third kappa shape index (κ3) is 4.15. The maximum Gasteiger partial charge on any atom is 0.220 e. The quantitative estimate of drug-likeness (QED) is 0.629. The van der Waals surface area contributed by atoms with Crippen LogP contribution >= 0.6 is 11.3 Å². The smallest absolute Gasteiger partial charge is 0.220 e. The molecule has 2 unspecified atom stereocenters. The first-order valence-corrected chi connectivity index (χ1v) is 9.88. The average molecular weight is 364 g/mol. The Bertz CT molecular complexity index is 615. The van der Waals surface area contributed by atoms with Crippen LogP contribution in [-0.2, 0) is 4.79 Å². The van der Waals surface area contributed by atoms with Crippen molar-refractivity contribution in [2.24, 2.45) is 10.4 Å². The van der Waals surface area contributed by atoms with Gasteiger partial charge >= 0.3 is 0 Å². The number of rotatable bonds is 4. The van der Waals surface area contributed by atoms with E-state index < -0.39 is 0 Å². The molecule has 2 fully saturated rings. The molecule has 3 rings (SSSR count). The van der Waals surface area contributed by atoms with Gasteiger partial charge in [0.2, 0.25) is 5.91 Å². The predicted molar refractivity (Wildman–Crippen MR) is 103 cm³/mol. The SMILES string of the molecule is CN=C(NCC(c1ccsc1)N(C)C)N1CCCC2(CNC(=O)C2)C1. The highest BCUT2D eigenvalue weighted by Crippen LogP contribution is 2.36. The van der Waals surface area contributed by atoms with Gasteiger partial charge in [-0.15, -0.1) is 0 Å². The van der Waals surface area contributed by atoms with Crippen LogP contribution in [0, 0.1) is 5.41 Å². The molecule has 2 atom stereocenters. The number of likely N-dealkylation sites (tertiary alicyclic amines) is 1. The zero-order valence-electron chi connectivity index (χ0n) is 15.4. The molecule has 0 saturated carbocycles. The highest BCUT2D eigenvalue weighted by atomic mass is 32.1. The van der Waals surface area contributed by atoms with Gasteiger partial charge in [0.05, 0.1) is 6.04 Å². The molecule has 0 radical (unpaired) electrons. The van der Waals surface area contributed by atoms with Gasteiger partial charge in [0.25, 0.3) is 0 Å². The number of hydrogen-bond acceptors (Lipinski definition) is 4. The molecule has 7 heteroatoms. The Morgan fingerprint density at radius 3 is 3.00 bits per heavy atom. The largest absolute Gasteiger partial charge is 0.355 e. The zero-order chi connectivity index (χ0) is 17.9. The van der Waals surface area contributed by atoms with Crippen LogP contribution < -0.4 is 10.6 Å². The first-order chi connectivity index (χ1) is 12.0. The summed E-state index contributed by atoms with van der Waals surface area (Å²) in [6, 6.07) is 2.50. The zero-order valence-corrected chi connectivity index (χ0v) is 16.2. The van der Waals surface area contributed by atoms with Gasteiger partial charge in [0.15, 0.2) is 5.96 Å². The number of guanidine groups is 1. The second-order valence-electron chi connectivity index (χ2n) is 7.44. The number of hydrogen-bond donors (Lipinski definition) is 2. The standard InChI is InChI=1S/C18H29N5OS/c1-19-17(20-10-15(22(2)3)14-5-8-25-11-14)23-7-4-6-18(13-23)9-16(24)21-12-18/h5,8,11,15H,4,6-7,9-10,12-13H2,1-3H3,(H,19,20)(H,21,24). The summed E-state index contributed by atoms with van der Waals surface area (Å²) in [4.78, 5) is 20.8. The van der Waals surface area contributed by atoms with Gasteiger partial charge in [-0.05, 0) is 49.3 Å². The van der Waals surface area contributed by atoms with Crippen LogP contribution in [0.15, 0.2) is 21.8 Å². The van der Waals surface area contributed by atoms with E-state index in [9.17, 15) is 4.79 Å². The van der Waals surface area contributed by atoms with Crippen molar-refractivity contribution < 1.29 is 4.79 Å². The lowest BCUT2D eigenvalue weighted by Crippen LogP contribution is -2.52. The van der Waals surface area contributed by atoms with Crippen molar-refractivity contribution in [1.82, 2.24) is 20.4 Å². The molecule has 2 aliphatic heterocycles. The molecule has 0 aromatic carbocycles. The van der Waals surface area contributed by atoms with Crippen LogP contribution in [0.2, 0.25) is 0 Å². The van der Waals surface area contributed by atoms with Crippen molar-refractivity contribution in [1.29, 1.82) is 0 Å². The van der Waals surface area contributed by atoms with Crippen LogP contribution in [0.5, 0.6) is 0 Å². The Morgan fingerprint density at radius 2 is 2.40 bits per heavy atom. The third-order valence-electron chi connectivity index (χ3n) is 5.37. The highest BCUT2D eigenvalue weighted by molar-refractivity contribution is 7.07. The number of nitrogens with one attached hydrogen (secondary N) is 2. The summed E-state index contributed by atoms with van der Waals surface area (Å²) in [6.45, 7) is 3.52. The minimum Gasteiger partial charge on any atom is -0.355 e. The van der Waals surface area contributed by atoms with Crippen molar-refractivity contribution in [2.45, 2.75) is 25.3 Å². The van der Waals surface area contributed by atoms with Gasteiger partial charge in [0.1, 0.15) is 0 Å². The Balaban J connectivity index is 1.63. The van der Waals surface area contributed by atoms with E-state index in [0.29, 0.717) is 12.5 Å². The van der Waals surface area contributed by atoms with E-state index in [0.717, 1.165) is 45.0 Å². The molecule has 2 aliphatic rings. The van der Waals surface area contributed by atoms with Gasteiger partial charge in [0, 0.05) is 45.1 Å². The fourth-order valence-electron chi connectivity index (χ4n) is 4.01. The molecule has 0 aliphatic carbocycles. The van der Waals surface area contributed by atoms with Gasteiger partial charge < -0.3 is 20.4 Å². The predicted octanol–water partition coefficient (Wildman–Crippen LogP) is 1.53. The number of piperidine rings is 1. The van der Waals surface area contributed by atoms with Crippen LogP contribution in [0.4, 0.5) is 0 Å². The molecule has 1 aromatic rings. The second-order valence-corrected chi connectivity index (χ2v) is 8.22. The second kappa shape index (κ2) is 7.74. The van der Waals surface area contributed by atoms with E-state index in [1.54, 1.807) is 11.3 Å². The summed E-state index contributed by atoms with van der Waals surface area (Å²) in [7, 11) is 6.06. The van der Waals surface area contributed by atoms with E-state index in [4.69, 9.17) is 0 Å². The molecular formula is C18H29N5OS. The molecule has 1 amide bonds. The first-order valence-electron chi connectivity index (χ1n) is 8.94. The highest BCUT2D eigenvalue weighted by Gasteiger charge is 2.42. The van der Waals surface area contributed by atoms with Crippen molar-refractivity contribution >= 4 is 23.2 Å². The Morgan fingerprint density at radius 1 is 1.56 bits per heavy atom. The van der Waals surface area contributed by atoms with Gasteiger partial charge in [-0.1, -0.05) is 0 Å². The van der Waals surface area contributed by atoms with Crippen molar-refractivity contribution in [3.63, 3.8) is 0 Å². The number of amides is 1. The Hall–Kier alpha value is -1.60. The summed E-state index contributed by atoms with van der Waals surface area (Å²) in [5, 5.41) is 10.9. The topological polar surface area (TPSA) is 60.0 Å². The maximum absolute atomic E-state index is 11.7. The number of carbonyl (C=O) groups excluding carboxylic acids is 1. The van der Waals surface area contributed by atoms with Crippen LogP contribution in [-0.4, -0.2) is 69.0 Å². The van der Waals surface area contributed by atoms with Gasteiger partial charge in [-0.25, -0.2) is 0 Å². The van der Waals surface area contributed by atoms with E-state index in [1.165, 1.54) is 5.56 Å². The molecule has 3 heterocycles. The lowest BCUT2D eigenvalue weighted by atomic mass is 9.79. The van der Waals surface area contributed by atoms with Crippen LogP contribution in [0.3, 0.4) is 0 Å². The maximum atomic E-state index is 11.7. The third-order valence-corrected chi connectivity index (χ3v) is 6.08. The lowest BCUT2D eigenvalue weighted by molar-refractivity contribution is -0.119. The minimum absolute atomic E-state index is 0.0846. The summed E-state index contributed by atoms with van der Waals surface area (Å²) >= 11 is 1.73. The monoisotopic (exact) mass is 363 g/mol. The van der Waals surface area contributed by atoms with Crippen LogP contribution in [0.1, 0.15) is 30.9 Å². The lowest BCUT2D eigenvalue weighted by Gasteiger charge is -2.41. The fraction of sp³-hybridized carbons (Fsp3) is 0.667. The number of likely N-dealkylation sites (N-methyl/N-ethyl adjacent to an activating group) is 1. The van der Waals surface area contributed by atoms with Crippen molar-refractivity contribution in [3.8, 4) is 0 Å². The number of carbonyl (C=O) groups is 1. The first kappa shape index (κ1) is 18.2. The van der Waals surface area contributed by atoms with E-state index in [1.807, 2.05) is 7.05 Å². The fourth-order valence-corrected chi connectivity index (χ4v) is 4.72. The van der Waals surface area contributed by atoms with E-state index >= 15 is 0 Å². The normalized spacial score (nSPS) is 25.5. The molecule has 2 N–H and O–H groups in total. The number of nitrogens with zero attached hydrogens (tertiary/aromatic N) is 3. The number of thiophene rings is 1. The molecule has 138 valence electrons. The molecule has 25 heavy (non-hydrogen) atoms. The van der Waals surface area contributed by atoms with Gasteiger partial charge in [-0.3, -0.25) is 9.79 Å². The Kier molecular flexibility index (Phi) is 5.64. The summed E-state index contributed by atoms with van der Waals surface area (Å²) in [6.07, 6.45) is 2.88. The Labute approximate surface area is 154 Å². The van der Waals surface area contributed by atoms with E-state index in [-0.39, 0.29) is 11.3 Å². The summed E-state index contributed by atoms with van der Waals surface area (Å²) in [5.74, 6) is 1.13. The summed E-state index contributed by atoms with van der Waals surface area (Å²) < 4.78 is 0. The van der Waals surface area contributed by atoms with Crippen molar-refractivity contribution in [2.75, 3.05) is 47.3 Å². The summed E-state index contributed by atoms with van der Waals surface area (Å²) in [5.41, 5.74) is 1.42. The van der Waals surface area contributed by atoms with Gasteiger partial charge in [-0.2, -0.15) is 11.3 Å². The molecule has 0 bridgehead atoms. The molecule has 1 spiro atoms. The average Bonchev–Trinajstić information content (AvgIpc) is 3.22. The molecule has 6 nitrogen and oxygen atoms in total. The van der Waals surface area contributed by atoms with Crippen LogP contribution in [0.25, 0.3) is 0 Å². The minimum atomic E-state index is 0.0846.